The number of nitrogens with zero attached hydrogens (tertiary/aromatic N) is 2. The summed E-state index contributed by atoms with van der Waals surface area (Å²) >= 11 is 5.84. The van der Waals surface area contributed by atoms with Gasteiger partial charge in [0.15, 0.2) is 11.6 Å². The maximum absolute atomic E-state index is 10.3. The van der Waals surface area contributed by atoms with Gasteiger partial charge >= 0.3 is 6.16 Å². The maximum atomic E-state index is 10.3. The molecule has 2 aromatic rings. The first-order valence-corrected chi connectivity index (χ1v) is 5.02. The summed E-state index contributed by atoms with van der Waals surface area (Å²) in [5, 5.41) is 8.97. The van der Waals surface area contributed by atoms with Crippen LogP contribution in [-0.2, 0) is 0 Å². The summed E-state index contributed by atoms with van der Waals surface area (Å²) in [6, 6.07) is 7.04. The van der Waals surface area contributed by atoms with Gasteiger partial charge in [0.05, 0.1) is 12.4 Å². The summed E-state index contributed by atoms with van der Waals surface area (Å²) in [5.74, 6) is 0.522. The van der Waals surface area contributed by atoms with Crippen LogP contribution >= 0.6 is 11.6 Å². The molecule has 0 atom stereocenters. The molecule has 17 heavy (non-hydrogen) atoms. The molecule has 6 heteroatoms. The fourth-order valence-electron chi connectivity index (χ4n) is 1.25. The minimum atomic E-state index is -1.40. The van der Waals surface area contributed by atoms with Crippen molar-refractivity contribution in [2.75, 3.05) is 0 Å². The van der Waals surface area contributed by atoms with Crippen LogP contribution in [0, 0.1) is 0 Å². The zero-order chi connectivity index (χ0) is 12.3. The smallest absolute Gasteiger partial charge is 0.449 e. The summed E-state index contributed by atoms with van der Waals surface area (Å²) < 4.78 is 4.39. The van der Waals surface area contributed by atoms with Crippen molar-refractivity contribution in [3.8, 4) is 17.1 Å². The molecule has 1 aromatic heterocycles. The predicted molar refractivity (Wildman–Crippen MR) is 61.1 cm³/mol. The van der Waals surface area contributed by atoms with Crippen LogP contribution in [0.4, 0.5) is 4.79 Å². The molecule has 1 aromatic carbocycles. The van der Waals surface area contributed by atoms with E-state index < -0.39 is 6.16 Å². The number of halogens is 1. The second-order valence-electron chi connectivity index (χ2n) is 3.12. The molecular weight excluding hydrogens is 244 g/mol. The summed E-state index contributed by atoms with van der Waals surface area (Å²) in [6.07, 6.45) is 1.18. The average Bonchev–Trinajstić information content (AvgIpc) is 2.29. The first kappa shape index (κ1) is 11.3. The quantitative estimate of drug-likeness (QED) is 0.830. The Balaban J connectivity index is 2.26. The van der Waals surface area contributed by atoms with Crippen LogP contribution in [-0.4, -0.2) is 21.2 Å². The van der Waals surface area contributed by atoms with Crippen LogP contribution in [0.1, 0.15) is 0 Å². The van der Waals surface area contributed by atoms with E-state index in [1.807, 2.05) is 0 Å². The van der Waals surface area contributed by atoms with Gasteiger partial charge in [0, 0.05) is 10.6 Å². The number of benzene rings is 1. The lowest BCUT2D eigenvalue weighted by molar-refractivity contribution is 0.144. The van der Waals surface area contributed by atoms with Gasteiger partial charge in [0.1, 0.15) is 0 Å². The van der Waals surface area contributed by atoms with Gasteiger partial charge in [-0.05, 0) is 12.1 Å². The molecule has 0 aliphatic carbocycles. The Morgan fingerprint density at radius 2 is 2.00 bits per heavy atom. The van der Waals surface area contributed by atoms with E-state index in [4.69, 9.17) is 16.7 Å². The van der Waals surface area contributed by atoms with Crippen LogP contribution in [0.5, 0.6) is 5.75 Å². The van der Waals surface area contributed by atoms with Crippen molar-refractivity contribution in [3.05, 3.63) is 41.7 Å². The Bertz CT molecular complexity index is 543. The number of carbonyl (C=O) groups is 1. The third-order valence-corrected chi connectivity index (χ3v) is 2.15. The van der Waals surface area contributed by atoms with E-state index in [2.05, 4.69) is 14.7 Å². The highest BCUT2D eigenvalue weighted by molar-refractivity contribution is 6.30. The van der Waals surface area contributed by atoms with Gasteiger partial charge in [-0.15, -0.1) is 0 Å². The van der Waals surface area contributed by atoms with Crippen molar-refractivity contribution in [2.24, 2.45) is 0 Å². The topological polar surface area (TPSA) is 72.3 Å². The molecule has 1 heterocycles. The van der Waals surface area contributed by atoms with Gasteiger partial charge in [0.2, 0.25) is 0 Å². The van der Waals surface area contributed by atoms with E-state index in [-0.39, 0.29) is 5.75 Å². The Morgan fingerprint density at radius 1 is 1.29 bits per heavy atom. The molecule has 1 N–H and O–H groups in total. The van der Waals surface area contributed by atoms with E-state index in [1.165, 1.54) is 12.4 Å². The average molecular weight is 251 g/mol. The highest BCUT2D eigenvalue weighted by Crippen LogP contribution is 2.20. The first-order chi connectivity index (χ1) is 8.15. The maximum Gasteiger partial charge on any atom is 0.511 e. The fourth-order valence-corrected chi connectivity index (χ4v) is 1.44. The van der Waals surface area contributed by atoms with Crippen molar-refractivity contribution in [1.29, 1.82) is 0 Å². The largest absolute Gasteiger partial charge is 0.511 e. The van der Waals surface area contributed by atoms with Crippen molar-refractivity contribution >= 4 is 17.8 Å². The van der Waals surface area contributed by atoms with Crippen LogP contribution < -0.4 is 4.74 Å². The number of carboxylic acid groups (broad SMARTS) is 1. The highest BCUT2D eigenvalue weighted by atomic mass is 35.5. The Hall–Kier alpha value is -2.14. The number of ether oxygens (including phenoxy) is 1. The van der Waals surface area contributed by atoms with Gasteiger partial charge < -0.3 is 9.84 Å². The third-order valence-electron chi connectivity index (χ3n) is 1.92. The molecule has 0 saturated carbocycles. The second kappa shape index (κ2) is 4.80. The lowest BCUT2D eigenvalue weighted by Crippen LogP contribution is -2.03. The normalized spacial score (nSPS) is 9.94. The molecule has 0 amide bonds. The molecule has 86 valence electrons. The molecular formula is C11H7ClN2O3. The Morgan fingerprint density at radius 3 is 2.59 bits per heavy atom. The fraction of sp³-hybridized carbons (Fsp3) is 0. The molecule has 0 aliphatic heterocycles. The molecule has 0 bridgehead atoms. The van der Waals surface area contributed by atoms with Crippen molar-refractivity contribution in [2.45, 2.75) is 0 Å². The molecule has 0 fully saturated rings. The monoisotopic (exact) mass is 250 g/mol. The minimum Gasteiger partial charge on any atom is -0.449 e. The van der Waals surface area contributed by atoms with Crippen LogP contribution in [0.25, 0.3) is 11.4 Å². The lowest BCUT2D eigenvalue weighted by Gasteiger charge is -2.02. The van der Waals surface area contributed by atoms with Crippen molar-refractivity contribution in [1.82, 2.24) is 9.97 Å². The Kier molecular flexibility index (Phi) is 3.20. The number of rotatable bonds is 2. The summed E-state index contributed by atoms with van der Waals surface area (Å²) in [7, 11) is 0. The predicted octanol–water partition coefficient (Wildman–Crippen LogP) is 2.85. The van der Waals surface area contributed by atoms with Gasteiger partial charge in [-0.2, -0.15) is 0 Å². The molecule has 5 nitrogen and oxygen atoms in total. The molecule has 2 rings (SSSR count). The zero-order valence-electron chi connectivity index (χ0n) is 8.50. The minimum absolute atomic E-state index is 0.0725. The summed E-state index contributed by atoms with van der Waals surface area (Å²) in [6.45, 7) is 0. The van der Waals surface area contributed by atoms with E-state index in [1.54, 1.807) is 24.3 Å². The van der Waals surface area contributed by atoms with E-state index in [9.17, 15) is 4.79 Å². The summed E-state index contributed by atoms with van der Waals surface area (Å²) in [4.78, 5) is 18.2. The number of aromatic nitrogens is 2. The summed E-state index contributed by atoms with van der Waals surface area (Å²) in [5.41, 5.74) is 0.749. The standard InChI is InChI=1S/C11H7ClN2O3/c12-8-3-1-2-7(4-8)10-13-5-9(6-14-10)17-11(15)16/h1-6H,(H,15,16). The molecule has 0 aliphatic rings. The van der Waals surface area contributed by atoms with Gasteiger partial charge in [-0.25, -0.2) is 14.8 Å². The van der Waals surface area contributed by atoms with Crippen LogP contribution in [0.15, 0.2) is 36.7 Å². The SMILES string of the molecule is O=C(O)Oc1cnc(-c2cccc(Cl)c2)nc1. The Labute approximate surface area is 102 Å². The van der Waals surface area contributed by atoms with Gasteiger partial charge in [0.25, 0.3) is 0 Å². The zero-order valence-corrected chi connectivity index (χ0v) is 9.26. The van der Waals surface area contributed by atoms with E-state index >= 15 is 0 Å². The first-order valence-electron chi connectivity index (χ1n) is 4.64. The van der Waals surface area contributed by atoms with Crippen LogP contribution in [0.3, 0.4) is 0 Å². The molecule has 0 spiro atoms. The molecule has 0 saturated heterocycles. The lowest BCUT2D eigenvalue weighted by atomic mass is 10.2. The van der Waals surface area contributed by atoms with Crippen LogP contribution in [0.2, 0.25) is 5.02 Å². The van der Waals surface area contributed by atoms with Gasteiger partial charge in [-0.1, -0.05) is 23.7 Å². The van der Waals surface area contributed by atoms with E-state index in [0.29, 0.717) is 10.8 Å². The van der Waals surface area contributed by atoms with Crippen molar-refractivity contribution in [3.63, 3.8) is 0 Å². The number of hydrogen-bond acceptors (Lipinski definition) is 4. The second-order valence-corrected chi connectivity index (χ2v) is 3.56. The highest BCUT2D eigenvalue weighted by Gasteiger charge is 2.04. The number of hydrogen-bond donors (Lipinski definition) is 1. The molecule has 0 radical (unpaired) electrons. The van der Waals surface area contributed by atoms with E-state index in [0.717, 1.165) is 5.56 Å². The van der Waals surface area contributed by atoms with Gasteiger partial charge in [-0.3, -0.25) is 0 Å². The van der Waals surface area contributed by atoms with Crippen molar-refractivity contribution < 1.29 is 14.6 Å². The molecule has 0 unspecified atom stereocenters. The third kappa shape index (κ3) is 2.92.